The number of esters is 1. The van der Waals surface area contributed by atoms with Crippen LogP contribution in [-0.4, -0.2) is 17.6 Å². The highest BCUT2D eigenvalue weighted by atomic mass is 32.1. The van der Waals surface area contributed by atoms with E-state index in [0.29, 0.717) is 6.61 Å². The van der Waals surface area contributed by atoms with Crippen LogP contribution < -0.4 is 0 Å². The average Bonchev–Trinajstić information content (AvgIpc) is 2.65. The number of thiazole rings is 1. The van der Waals surface area contributed by atoms with E-state index in [2.05, 4.69) is 11.9 Å². The van der Waals surface area contributed by atoms with Crippen molar-refractivity contribution in [2.24, 2.45) is 5.92 Å². The minimum atomic E-state index is -0.0796. The molecule has 0 aromatic carbocycles. The molecule has 0 fully saturated rings. The molecule has 0 saturated heterocycles. The van der Waals surface area contributed by atoms with Gasteiger partial charge in [0, 0.05) is 11.3 Å². The van der Waals surface area contributed by atoms with Crippen LogP contribution in [0.4, 0.5) is 0 Å². The van der Waals surface area contributed by atoms with Gasteiger partial charge in [0.1, 0.15) is 0 Å². The van der Waals surface area contributed by atoms with Gasteiger partial charge in [-0.2, -0.15) is 0 Å². The summed E-state index contributed by atoms with van der Waals surface area (Å²) in [6.45, 7) is 6.44. The molecule has 1 unspecified atom stereocenters. The van der Waals surface area contributed by atoms with Crippen molar-refractivity contribution >= 4 is 17.3 Å². The molecule has 0 aliphatic carbocycles. The van der Waals surface area contributed by atoms with Crippen molar-refractivity contribution in [3.8, 4) is 0 Å². The summed E-state index contributed by atoms with van der Waals surface area (Å²) in [5.41, 5.74) is 2.87. The molecule has 0 saturated carbocycles. The lowest BCUT2D eigenvalue weighted by atomic mass is 10.1. The molecular formula is C12H19NO2S. The highest BCUT2D eigenvalue weighted by Gasteiger charge is 2.13. The Kier molecular flexibility index (Phi) is 5.46. The van der Waals surface area contributed by atoms with Gasteiger partial charge in [0.25, 0.3) is 0 Å². The minimum absolute atomic E-state index is 0.0209. The average molecular weight is 241 g/mol. The number of ether oxygens (including phenoxy) is 1. The lowest BCUT2D eigenvalue weighted by molar-refractivity contribution is -0.148. The summed E-state index contributed by atoms with van der Waals surface area (Å²) in [6.07, 6.45) is 2.70. The second-order valence-corrected chi connectivity index (χ2v) is 4.91. The Balaban J connectivity index is 2.25. The van der Waals surface area contributed by atoms with E-state index in [1.165, 1.54) is 4.88 Å². The maximum absolute atomic E-state index is 11.5. The molecule has 90 valence electrons. The monoisotopic (exact) mass is 241 g/mol. The molecule has 1 rings (SSSR count). The van der Waals surface area contributed by atoms with Gasteiger partial charge in [-0.05, 0) is 13.3 Å². The van der Waals surface area contributed by atoms with E-state index >= 15 is 0 Å². The third-order valence-corrected chi connectivity index (χ3v) is 3.54. The number of carbonyl (C=O) groups is 1. The van der Waals surface area contributed by atoms with Gasteiger partial charge in [0.05, 0.1) is 23.7 Å². The Hall–Kier alpha value is -0.900. The normalized spacial score (nSPS) is 12.4. The molecule has 0 spiro atoms. The fraction of sp³-hybridized carbons (Fsp3) is 0.667. The quantitative estimate of drug-likeness (QED) is 0.719. The van der Waals surface area contributed by atoms with Crippen molar-refractivity contribution in [1.29, 1.82) is 0 Å². The number of carbonyl (C=O) groups excluding carboxylic acids is 1. The van der Waals surface area contributed by atoms with Gasteiger partial charge in [0.2, 0.25) is 0 Å². The van der Waals surface area contributed by atoms with Crippen LogP contribution >= 0.6 is 11.3 Å². The third-order valence-electron chi connectivity index (χ3n) is 2.54. The summed E-state index contributed by atoms with van der Waals surface area (Å²) in [7, 11) is 0. The molecular weight excluding hydrogens is 222 g/mol. The van der Waals surface area contributed by atoms with Gasteiger partial charge in [-0.15, -0.1) is 11.3 Å². The van der Waals surface area contributed by atoms with Crippen LogP contribution in [0.2, 0.25) is 0 Å². The standard InChI is InChI=1S/C12H19NO2S/c1-4-5-9(2)12(14)15-7-6-11-10(3)13-8-16-11/h8-9H,4-7H2,1-3H3. The Labute approximate surface area is 101 Å². The SMILES string of the molecule is CCCC(C)C(=O)OCCc1scnc1C. The van der Waals surface area contributed by atoms with Crippen LogP contribution in [0.25, 0.3) is 0 Å². The smallest absolute Gasteiger partial charge is 0.308 e. The summed E-state index contributed by atoms with van der Waals surface area (Å²) < 4.78 is 5.22. The van der Waals surface area contributed by atoms with Crippen LogP contribution in [0.15, 0.2) is 5.51 Å². The predicted octanol–water partition coefficient (Wildman–Crippen LogP) is 2.97. The molecule has 0 aliphatic heterocycles. The van der Waals surface area contributed by atoms with Crippen molar-refractivity contribution in [2.75, 3.05) is 6.61 Å². The Bertz CT molecular complexity index is 336. The Morgan fingerprint density at radius 2 is 2.38 bits per heavy atom. The largest absolute Gasteiger partial charge is 0.465 e. The van der Waals surface area contributed by atoms with E-state index in [4.69, 9.17) is 4.74 Å². The summed E-state index contributed by atoms with van der Waals surface area (Å²) in [5, 5.41) is 0. The van der Waals surface area contributed by atoms with Crippen LogP contribution in [0.5, 0.6) is 0 Å². The second-order valence-electron chi connectivity index (χ2n) is 3.97. The summed E-state index contributed by atoms with van der Waals surface area (Å²) in [4.78, 5) is 16.9. The van der Waals surface area contributed by atoms with Crippen LogP contribution in [0.3, 0.4) is 0 Å². The van der Waals surface area contributed by atoms with E-state index in [0.717, 1.165) is 25.0 Å². The van der Waals surface area contributed by atoms with Gasteiger partial charge in [0.15, 0.2) is 0 Å². The lowest BCUT2D eigenvalue weighted by Gasteiger charge is -2.09. The number of aromatic nitrogens is 1. The zero-order valence-electron chi connectivity index (χ0n) is 10.2. The maximum Gasteiger partial charge on any atom is 0.308 e. The highest BCUT2D eigenvalue weighted by Crippen LogP contribution is 2.13. The van der Waals surface area contributed by atoms with Crippen LogP contribution in [0.1, 0.15) is 37.3 Å². The summed E-state index contributed by atoms with van der Waals surface area (Å²) in [6, 6.07) is 0. The Morgan fingerprint density at radius 3 is 2.94 bits per heavy atom. The molecule has 3 nitrogen and oxygen atoms in total. The molecule has 0 radical (unpaired) electrons. The van der Waals surface area contributed by atoms with Crippen molar-refractivity contribution in [2.45, 2.75) is 40.0 Å². The number of aryl methyl sites for hydroxylation is 1. The lowest BCUT2D eigenvalue weighted by Crippen LogP contribution is -2.16. The predicted molar refractivity (Wildman–Crippen MR) is 65.6 cm³/mol. The molecule has 16 heavy (non-hydrogen) atoms. The summed E-state index contributed by atoms with van der Waals surface area (Å²) in [5.74, 6) is -0.0587. The van der Waals surface area contributed by atoms with Crippen molar-refractivity contribution in [3.05, 3.63) is 16.1 Å². The van der Waals surface area contributed by atoms with E-state index < -0.39 is 0 Å². The van der Waals surface area contributed by atoms with Crippen molar-refractivity contribution in [1.82, 2.24) is 4.98 Å². The first-order valence-electron chi connectivity index (χ1n) is 5.70. The fourth-order valence-corrected chi connectivity index (χ4v) is 2.27. The number of hydrogen-bond donors (Lipinski definition) is 0. The molecule has 1 aromatic heterocycles. The van der Waals surface area contributed by atoms with Gasteiger partial charge in [-0.25, -0.2) is 4.98 Å². The minimum Gasteiger partial charge on any atom is -0.465 e. The zero-order chi connectivity index (χ0) is 12.0. The molecule has 0 amide bonds. The molecule has 1 atom stereocenters. The summed E-state index contributed by atoms with van der Waals surface area (Å²) >= 11 is 1.62. The van der Waals surface area contributed by atoms with Gasteiger partial charge in [-0.1, -0.05) is 20.3 Å². The first kappa shape index (κ1) is 13.2. The van der Waals surface area contributed by atoms with Crippen molar-refractivity contribution in [3.63, 3.8) is 0 Å². The molecule has 4 heteroatoms. The van der Waals surface area contributed by atoms with Gasteiger partial charge in [-0.3, -0.25) is 4.79 Å². The first-order chi connectivity index (χ1) is 7.65. The second kappa shape index (κ2) is 6.63. The van der Waals surface area contributed by atoms with Crippen LogP contribution in [0, 0.1) is 12.8 Å². The molecule has 1 aromatic rings. The number of rotatable bonds is 6. The molecule has 0 bridgehead atoms. The van der Waals surface area contributed by atoms with E-state index in [1.807, 2.05) is 19.4 Å². The Morgan fingerprint density at radius 1 is 1.62 bits per heavy atom. The number of nitrogens with zero attached hydrogens (tertiary/aromatic N) is 1. The molecule has 0 aliphatic rings. The third kappa shape index (κ3) is 3.93. The van der Waals surface area contributed by atoms with Gasteiger partial charge >= 0.3 is 5.97 Å². The van der Waals surface area contributed by atoms with E-state index in [1.54, 1.807) is 11.3 Å². The zero-order valence-corrected chi connectivity index (χ0v) is 11.0. The van der Waals surface area contributed by atoms with Crippen LogP contribution in [-0.2, 0) is 16.0 Å². The molecule has 0 N–H and O–H groups in total. The van der Waals surface area contributed by atoms with E-state index in [-0.39, 0.29) is 11.9 Å². The number of hydrogen-bond acceptors (Lipinski definition) is 4. The van der Waals surface area contributed by atoms with Crippen molar-refractivity contribution < 1.29 is 9.53 Å². The molecule has 1 heterocycles. The van der Waals surface area contributed by atoms with E-state index in [9.17, 15) is 4.79 Å². The topological polar surface area (TPSA) is 39.2 Å². The maximum atomic E-state index is 11.5. The first-order valence-corrected chi connectivity index (χ1v) is 6.58. The highest BCUT2D eigenvalue weighted by molar-refractivity contribution is 7.09. The van der Waals surface area contributed by atoms with Gasteiger partial charge < -0.3 is 4.74 Å². The fourth-order valence-electron chi connectivity index (χ4n) is 1.50.